The van der Waals surface area contributed by atoms with Crippen LogP contribution in [0.25, 0.3) is 0 Å². The number of benzene rings is 1. The number of hydrogen-bond donors (Lipinski definition) is 3. The fourth-order valence-electron chi connectivity index (χ4n) is 3.22. The summed E-state index contributed by atoms with van der Waals surface area (Å²) in [5, 5.41) is 9.53. The number of carbonyl (C=O) groups excluding carboxylic acids is 1. The molecular weight excluding hydrogens is 328 g/mol. The van der Waals surface area contributed by atoms with Gasteiger partial charge in [-0.25, -0.2) is 4.99 Å². The van der Waals surface area contributed by atoms with E-state index in [9.17, 15) is 4.79 Å². The van der Waals surface area contributed by atoms with Crippen molar-refractivity contribution in [2.75, 3.05) is 26.7 Å². The van der Waals surface area contributed by atoms with Gasteiger partial charge in [-0.15, -0.1) is 0 Å². The van der Waals surface area contributed by atoms with Crippen LogP contribution in [0.4, 0.5) is 0 Å². The standard InChI is InChI=1S/C20H32N4O2/c1-3-21-20(24-15-17-11-7-8-12-18(17)26-2)23-14-13-22-19(25)16-9-5-4-6-10-16/h7-8,11-12,16H,3-6,9-10,13-15H2,1-2H3,(H,22,25)(H2,21,23,24). The monoisotopic (exact) mass is 360 g/mol. The van der Waals surface area contributed by atoms with Crippen molar-refractivity contribution in [2.45, 2.75) is 45.6 Å². The van der Waals surface area contributed by atoms with Gasteiger partial charge in [0, 0.05) is 31.1 Å². The van der Waals surface area contributed by atoms with E-state index in [4.69, 9.17) is 4.74 Å². The average Bonchev–Trinajstić information content (AvgIpc) is 2.69. The van der Waals surface area contributed by atoms with Gasteiger partial charge in [0.1, 0.15) is 5.75 Å². The summed E-state index contributed by atoms with van der Waals surface area (Å²) >= 11 is 0. The molecule has 144 valence electrons. The Bertz CT molecular complexity index is 583. The zero-order chi connectivity index (χ0) is 18.6. The summed E-state index contributed by atoms with van der Waals surface area (Å²) in [6.07, 6.45) is 5.68. The van der Waals surface area contributed by atoms with Crippen molar-refractivity contribution in [3.05, 3.63) is 29.8 Å². The molecule has 1 aromatic rings. The lowest BCUT2D eigenvalue weighted by Crippen LogP contribution is -2.42. The molecule has 0 unspecified atom stereocenters. The Labute approximate surface area is 156 Å². The predicted octanol–water partition coefficient (Wildman–Crippen LogP) is 2.45. The molecule has 26 heavy (non-hydrogen) atoms. The molecule has 1 saturated carbocycles. The van der Waals surface area contributed by atoms with Crippen LogP contribution in [-0.4, -0.2) is 38.6 Å². The number of hydrogen-bond acceptors (Lipinski definition) is 3. The first-order chi connectivity index (χ1) is 12.7. The molecule has 0 aliphatic heterocycles. The minimum atomic E-state index is 0.197. The third-order valence-electron chi connectivity index (χ3n) is 4.64. The molecule has 2 rings (SSSR count). The lowest BCUT2D eigenvalue weighted by Gasteiger charge is -2.21. The van der Waals surface area contributed by atoms with E-state index >= 15 is 0 Å². The van der Waals surface area contributed by atoms with Gasteiger partial charge in [-0.3, -0.25) is 4.79 Å². The van der Waals surface area contributed by atoms with Crippen molar-refractivity contribution < 1.29 is 9.53 Å². The van der Waals surface area contributed by atoms with Crippen LogP contribution in [-0.2, 0) is 11.3 Å². The van der Waals surface area contributed by atoms with Crippen molar-refractivity contribution >= 4 is 11.9 Å². The van der Waals surface area contributed by atoms with Gasteiger partial charge in [0.2, 0.25) is 5.91 Å². The topological polar surface area (TPSA) is 74.8 Å². The van der Waals surface area contributed by atoms with E-state index in [-0.39, 0.29) is 11.8 Å². The summed E-state index contributed by atoms with van der Waals surface area (Å²) in [5.74, 6) is 1.98. The van der Waals surface area contributed by atoms with E-state index in [0.717, 1.165) is 36.7 Å². The second-order valence-corrected chi connectivity index (χ2v) is 6.56. The summed E-state index contributed by atoms with van der Waals surface area (Å²) in [7, 11) is 1.67. The smallest absolute Gasteiger partial charge is 0.223 e. The number of aliphatic imine (C=N–C) groups is 1. The van der Waals surface area contributed by atoms with Gasteiger partial charge < -0.3 is 20.7 Å². The first kappa shape index (κ1) is 20.1. The molecule has 6 nitrogen and oxygen atoms in total. The minimum absolute atomic E-state index is 0.197. The number of amides is 1. The second kappa shape index (κ2) is 11.4. The fraction of sp³-hybridized carbons (Fsp3) is 0.600. The zero-order valence-corrected chi connectivity index (χ0v) is 16.0. The van der Waals surface area contributed by atoms with Gasteiger partial charge >= 0.3 is 0 Å². The molecule has 3 N–H and O–H groups in total. The SMILES string of the molecule is CCNC(=NCc1ccccc1OC)NCCNC(=O)C1CCCCC1. The van der Waals surface area contributed by atoms with Crippen LogP contribution >= 0.6 is 0 Å². The Morgan fingerprint density at radius 1 is 1.12 bits per heavy atom. The van der Waals surface area contributed by atoms with Crippen LogP contribution in [0.3, 0.4) is 0 Å². The Kier molecular flexibility index (Phi) is 8.79. The average molecular weight is 361 g/mol. The summed E-state index contributed by atoms with van der Waals surface area (Å²) in [4.78, 5) is 16.8. The number of nitrogens with one attached hydrogen (secondary N) is 3. The minimum Gasteiger partial charge on any atom is -0.496 e. The maximum Gasteiger partial charge on any atom is 0.223 e. The molecule has 0 radical (unpaired) electrons. The number of para-hydroxylation sites is 1. The van der Waals surface area contributed by atoms with E-state index in [2.05, 4.69) is 20.9 Å². The molecule has 1 fully saturated rings. The largest absolute Gasteiger partial charge is 0.496 e. The van der Waals surface area contributed by atoms with Gasteiger partial charge in [0.15, 0.2) is 5.96 Å². The second-order valence-electron chi connectivity index (χ2n) is 6.56. The number of ether oxygens (including phenoxy) is 1. The third-order valence-corrected chi connectivity index (χ3v) is 4.64. The molecule has 1 amide bonds. The van der Waals surface area contributed by atoms with Crippen LogP contribution < -0.4 is 20.7 Å². The molecule has 0 saturated heterocycles. The summed E-state index contributed by atoms with van der Waals surface area (Å²) < 4.78 is 5.36. The molecule has 1 aliphatic rings. The quantitative estimate of drug-likeness (QED) is 0.378. The van der Waals surface area contributed by atoms with Crippen LogP contribution in [0.2, 0.25) is 0 Å². The Morgan fingerprint density at radius 3 is 2.58 bits per heavy atom. The molecule has 0 heterocycles. The van der Waals surface area contributed by atoms with Crippen LogP contribution in [0, 0.1) is 5.92 Å². The van der Waals surface area contributed by atoms with Crippen LogP contribution in [0.1, 0.15) is 44.6 Å². The Morgan fingerprint density at radius 2 is 1.85 bits per heavy atom. The summed E-state index contributed by atoms with van der Waals surface area (Å²) in [5.41, 5.74) is 1.04. The van der Waals surface area contributed by atoms with E-state index in [1.54, 1.807) is 7.11 Å². The molecule has 0 spiro atoms. The van der Waals surface area contributed by atoms with E-state index < -0.39 is 0 Å². The van der Waals surface area contributed by atoms with Crippen molar-refractivity contribution in [1.82, 2.24) is 16.0 Å². The van der Waals surface area contributed by atoms with Gasteiger partial charge in [0.05, 0.1) is 13.7 Å². The first-order valence-corrected chi connectivity index (χ1v) is 9.66. The number of guanidine groups is 1. The highest BCUT2D eigenvalue weighted by molar-refractivity contribution is 5.80. The lowest BCUT2D eigenvalue weighted by atomic mass is 9.89. The third kappa shape index (κ3) is 6.58. The van der Waals surface area contributed by atoms with E-state index in [0.29, 0.717) is 19.6 Å². The van der Waals surface area contributed by atoms with Gasteiger partial charge in [-0.2, -0.15) is 0 Å². The Hall–Kier alpha value is -2.24. The number of nitrogens with zero attached hydrogens (tertiary/aromatic N) is 1. The number of rotatable bonds is 8. The molecular formula is C20H32N4O2. The molecule has 1 aliphatic carbocycles. The highest BCUT2D eigenvalue weighted by Gasteiger charge is 2.20. The Balaban J connectivity index is 1.77. The van der Waals surface area contributed by atoms with Crippen LogP contribution in [0.15, 0.2) is 29.3 Å². The van der Waals surface area contributed by atoms with Crippen molar-refractivity contribution in [3.63, 3.8) is 0 Å². The highest BCUT2D eigenvalue weighted by Crippen LogP contribution is 2.23. The van der Waals surface area contributed by atoms with Gasteiger partial charge in [0.25, 0.3) is 0 Å². The lowest BCUT2D eigenvalue weighted by molar-refractivity contribution is -0.125. The molecule has 6 heteroatoms. The number of methoxy groups -OCH3 is 1. The predicted molar refractivity (Wildman–Crippen MR) is 105 cm³/mol. The summed E-state index contributed by atoms with van der Waals surface area (Å²) in [6, 6.07) is 7.88. The normalized spacial score (nSPS) is 15.4. The highest BCUT2D eigenvalue weighted by atomic mass is 16.5. The van der Waals surface area contributed by atoms with Crippen molar-refractivity contribution in [3.8, 4) is 5.75 Å². The van der Waals surface area contributed by atoms with E-state index in [1.165, 1.54) is 19.3 Å². The van der Waals surface area contributed by atoms with Crippen molar-refractivity contribution in [2.24, 2.45) is 10.9 Å². The molecule has 0 bridgehead atoms. The molecule has 0 atom stereocenters. The van der Waals surface area contributed by atoms with Crippen molar-refractivity contribution in [1.29, 1.82) is 0 Å². The molecule has 0 aromatic heterocycles. The molecule has 1 aromatic carbocycles. The summed E-state index contributed by atoms with van der Waals surface area (Å²) in [6.45, 7) is 4.61. The zero-order valence-electron chi connectivity index (χ0n) is 16.0. The van der Waals surface area contributed by atoms with Crippen LogP contribution in [0.5, 0.6) is 5.75 Å². The van der Waals surface area contributed by atoms with E-state index in [1.807, 2.05) is 31.2 Å². The maximum absolute atomic E-state index is 12.2. The van der Waals surface area contributed by atoms with Gasteiger partial charge in [-0.1, -0.05) is 37.5 Å². The maximum atomic E-state index is 12.2. The first-order valence-electron chi connectivity index (χ1n) is 9.66. The number of carbonyl (C=O) groups is 1. The van der Waals surface area contributed by atoms with Gasteiger partial charge in [-0.05, 0) is 25.8 Å². The fourth-order valence-corrected chi connectivity index (χ4v) is 3.22.